The van der Waals surface area contributed by atoms with E-state index in [0.29, 0.717) is 13.1 Å². The lowest BCUT2D eigenvalue weighted by Crippen LogP contribution is -2.51. The fourth-order valence-electron chi connectivity index (χ4n) is 6.25. The highest BCUT2D eigenvalue weighted by Gasteiger charge is 2.55. The van der Waals surface area contributed by atoms with E-state index in [4.69, 9.17) is 0 Å². The highest BCUT2D eigenvalue weighted by atomic mass is 16.3. The first kappa shape index (κ1) is 21.4. The normalized spacial score (nSPS) is 27.8. The van der Waals surface area contributed by atoms with Crippen LogP contribution in [0, 0.1) is 11.8 Å². The molecule has 0 unspecified atom stereocenters. The smallest absolute Gasteiger partial charge is 0.250 e. The van der Waals surface area contributed by atoms with Crippen LogP contribution >= 0.6 is 0 Å². The average Bonchev–Trinajstić information content (AvgIpc) is 3.34. The predicted octanol–water partition coefficient (Wildman–Crippen LogP) is 2.50. The van der Waals surface area contributed by atoms with Gasteiger partial charge in [0.25, 0.3) is 5.56 Å². The second kappa shape index (κ2) is 9.20. The molecule has 5 rings (SSSR count). The van der Waals surface area contributed by atoms with Crippen LogP contribution in [0.1, 0.15) is 49.4 Å². The molecule has 6 nitrogen and oxygen atoms in total. The Hall–Kier alpha value is -2.44. The van der Waals surface area contributed by atoms with E-state index in [1.54, 1.807) is 6.07 Å². The predicted molar refractivity (Wildman–Crippen MR) is 123 cm³/mol. The minimum Gasteiger partial charge on any atom is -0.396 e. The van der Waals surface area contributed by atoms with E-state index in [2.05, 4.69) is 22.3 Å². The number of aliphatic hydroxyl groups excluding tert-OH is 1. The third-order valence-corrected chi connectivity index (χ3v) is 7.79. The minimum absolute atomic E-state index is 0.000179. The number of amides is 1. The van der Waals surface area contributed by atoms with E-state index in [1.807, 2.05) is 34.9 Å². The molecule has 170 valence electrons. The van der Waals surface area contributed by atoms with Crippen LogP contribution in [0.4, 0.5) is 0 Å². The van der Waals surface area contributed by atoms with Gasteiger partial charge in [0.1, 0.15) is 0 Å². The summed E-state index contributed by atoms with van der Waals surface area (Å²) in [5.74, 6) is -0.0742. The maximum Gasteiger partial charge on any atom is 0.250 e. The van der Waals surface area contributed by atoms with Crippen LogP contribution < -0.4 is 10.9 Å². The van der Waals surface area contributed by atoms with Crippen molar-refractivity contribution in [2.45, 2.75) is 63.2 Å². The summed E-state index contributed by atoms with van der Waals surface area (Å²) in [4.78, 5) is 28.4. The Bertz CT molecular complexity index is 999. The van der Waals surface area contributed by atoms with Gasteiger partial charge < -0.3 is 15.0 Å². The number of aliphatic hydroxyl groups is 1. The number of hydrogen-bond donors (Lipinski definition) is 2. The largest absolute Gasteiger partial charge is 0.396 e. The number of carbonyl (C=O) groups is 1. The Balaban J connectivity index is 1.45. The summed E-state index contributed by atoms with van der Waals surface area (Å²) in [7, 11) is 0. The van der Waals surface area contributed by atoms with E-state index < -0.39 is 0 Å². The molecule has 0 bridgehead atoms. The van der Waals surface area contributed by atoms with Crippen molar-refractivity contribution in [3.63, 3.8) is 0 Å². The third kappa shape index (κ3) is 3.90. The Labute approximate surface area is 189 Å². The molecule has 1 aliphatic carbocycles. The number of carbonyl (C=O) groups excluding carboxylic acids is 1. The van der Waals surface area contributed by atoms with Gasteiger partial charge in [0.05, 0.1) is 12.1 Å². The average molecular weight is 436 g/mol. The van der Waals surface area contributed by atoms with Crippen molar-refractivity contribution in [1.82, 2.24) is 14.8 Å². The summed E-state index contributed by atoms with van der Waals surface area (Å²) in [5.41, 5.74) is 2.20. The van der Waals surface area contributed by atoms with Gasteiger partial charge >= 0.3 is 0 Å². The van der Waals surface area contributed by atoms with Crippen LogP contribution in [0.3, 0.4) is 0 Å². The zero-order valence-corrected chi connectivity index (χ0v) is 18.5. The molecule has 1 saturated carbocycles. The first-order valence-corrected chi connectivity index (χ1v) is 12.1. The highest BCUT2D eigenvalue weighted by Crippen LogP contribution is 2.49. The molecule has 0 spiro atoms. The number of pyridine rings is 1. The lowest BCUT2D eigenvalue weighted by atomic mass is 9.87. The quantitative estimate of drug-likeness (QED) is 0.731. The van der Waals surface area contributed by atoms with Crippen LogP contribution in [-0.2, 0) is 17.8 Å². The van der Waals surface area contributed by atoms with Crippen molar-refractivity contribution in [1.29, 1.82) is 0 Å². The number of rotatable bonds is 6. The van der Waals surface area contributed by atoms with Crippen molar-refractivity contribution in [3.05, 3.63) is 70.1 Å². The topological polar surface area (TPSA) is 74.6 Å². The molecule has 3 heterocycles. The maximum absolute atomic E-state index is 13.6. The fraction of sp³-hybridized carbons (Fsp3) is 0.538. The van der Waals surface area contributed by atoms with E-state index in [9.17, 15) is 14.7 Å². The van der Waals surface area contributed by atoms with Gasteiger partial charge in [-0.2, -0.15) is 0 Å². The number of likely N-dealkylation sites (tertiary alicyclic amines) is 1. The Kier molecular flexibility index (Phi) is 6.15. The lowest BCUT2D eigenvalue weighted by molar-refractivity contribution is -0.128. The SMILES string of the molecule is O=C(NC1CCCCC1)[C@@H]1[C@@H](CO)[C@@H]2Cn3c(cccc3=O)[C@@H]2N1CCc1ccccc1. The third-order valence-electron chi connectivity index (χ3n) is 7.79. The van der Waals surface area contributed by atoms with Crippen LogP contribution in [0.15, 0.2) is 53.3 Å². The van der Waals surface area contributed by atoms with Gasteiger partial charge in [-0.05, 0) is 30.9 Å². The standard InChI is InChI=1S/C26H33N3O3/c30-17-21-20-16-29-22(12-7-13-23(29)31)24(20)28(15-14-18-8-3-1-4-9-18)25(21)26(32)27-19-10-5-2-6-11-19/h1,3-4,7-9,12-13,19-21,24-25,30H,2,5-6,10-11,14-17H2,(H,27,32)/t20-,21-,24+,25-/m0/s1. The van der Waals surface area contributed by atoms with Crippen LogP contribution in [-0.4, -0.2) is 45.7 Å². The number of hydrogen-bond acceptors (Lipinski definition) is 4. The molecular formula is C26H33N3O3. The van der Waals surface area contributed by atoms with Gasteiger partial charge in [0, 0.05) is 49.3 Å². The number of aromatic nitrogens is 1. The van der Waals surface area contributed by atoms with E-state index in [1.165, 1.54) is 12.0 Å². The molecular weight excluding hydrogens is 402 g/mol. The molecule has 0 radical (unpaired) electrons. The van der Waals surface area contributed by atoms with Crippen molar-refractivity contribution >= 4 is 5.91 Å². The summed E-state index contributed by atoms with van der Waals surface area (Å²) >= 11 is 0. The van der Waals surface area contributed by atoms with Crippen LogP contribution in [0.25, 0.3) is 0 Å². The number of nitrogens with one attached hydrogen (secondary N) is 1. The first-order chi connectivity index (χ1) is 15.7. The Morgan fingerprint density at radius 3 is 2.56 bits per heavy atom. The zero-order chi connectivity index (χ0) is 22.1. The zero-order valence-electron chi connectivity index (χ0n) is 18.5. The molecule has 1 aromatic carbocycles. The van der Waals surface area contributed by atoms with Gasteiger partial charge in [0.2, 0.25) is 5.91 Å². The second-order valence-corrected chi connectivity index (χ2v) is 9.62. The molecule has 1 aromatic heterocycles. The van der Waals surface area contributed by atoms with Crippen LogP contribution in [0.2, 0.25) is 0 Å². The van der Waals surface area contributed by atoms with Gasteiger partial charge in [-0.15, -0.1) is 0 Å². The Morgan fingerprint density at radius 2 is 1.81 bits per heavy atom. The van der Waals surface area contributed by atoms with Gasteiger partial charge in [-0.1, -0.05) is 55.7 Å². The molecule has 2 N–H and O–H groups in total. The highest BCUT2D eigenvalue weighted by molar-refractivity contribution is 5.83. The lowest BCUT2D eigenvalue weighted by Gasteiger charge is -2.33. The maximum atomic E-state index is 13.6. The summed E-state index contributed by atoms with van der Waals surface area (Å²) < 4.78 is 1.84. The van der Waals surface area contributed by atoms with Crippen molar-refractivity contribution in [2.24, 2.45) is 11.8 Å². The summed E-state index contributed by atoms with van der Waals surface area (Å²) in [6.45, 7) is 1.24. The number of fused-ring (bicyclic) bond motifs is 3. The first-order valence-electron chi connectivity index (χ1n) is 12.1. The molecule has 2 aromatic rings. The monoisotopic (exact) mass is 435 g/mol. The number of nitrogens with zero attached hydrogens (tertiary/aromatic N) is 2. The molecule has 2 fully saturated rings. The van der Waals surface area contributed by atoms with Gasteiger partial charge in [-0.25, -0.2) is 0 Å². The Morgan fingerprint density at radius 1 is 1.03 bits per heavy atom. The fourth-order valence-corrected chi connectivity index (χ4v) is 6.25. The van der Waals surface area contributed by atoms with Crippen molar-refractivity contribution < 1.29 is 9.90 Å². The minimum atomic E-state index is -0.371. The molecule has 6 heteroatoms. The van der Waals surface area contributed by atoms with Crippen LogP contribution in [0.5, 0.6) is 0 Å². The molecule has 1 saturated heterocycles. The molecule has 2 aliphatic heterocycles. The molecule has 1 amide bonds. The van der Waals surface area contributed by atoms with Crippen molar-refractivity contribution in [3.8, 4) is 0 Å². The van der Waals surface area contributed by atoms with E-state index >= 15 is 0 Å². The van der Waals surface area contributed by atoms with E-state index in [-0.39, 0.29) is 48.0 Å². The van der Waals surface area contributed by atoms with E-state index in [0.717, 1.165) is 37.8 Å². The second-order valence-electron chi connectivity index (χ2n) is 9.62. The summed E-state index contributed by atoms with van der Waals surface area (Å²) in [6.07, 6.45) is 6.48. The summed E-state index contributed by atoms with van der Waals surface area (Å²) in [6, 6.07) is 15.6. The summed E-state index contributed by atoms with van der Waals surface area (Å²) in [5, 5.41) is 13.7. The number of benzene rings is 1. The molecule has 4 atom stereocenters. The van der Waals surface area contributed by atoms with Gasteiger partial charge in [0.15, 0.2) is 0 Å². The van der Waals surface area contributed by atoms with Crippen molar-refractivity contribution in [2.75, 3.05) is 13.2 Å². The van der Waals surface area contributed by atoms with Gasteiger partial charge in [-0.3, -0.25) is 14.5 Å². The molecule has 32 heavy (non-hydrogen) atoms. The molecule has 3 aliphatic rings.